The predicted octanol–water partition coefficient (Wildman–Crippen LogP) is 15.5. The smallest absolute Gasteiger partial charge is 0.0619 e. The van der Waals surface area contributed by atoms with Crippen LogP contribution in [0, 0.1) is 5.41 Å². The molecule has 0 amide bonds. The van der Waals surface area contributed by atoms with Gasteiger partial charge in [0, 0.05) is 56.3 Å². The van der Waals surface area contributed by atoms with E-state index in [9.17, 15) is 5.41 Å². The van der Waals surface area contributed by atoms with Crippen molar-refractivity contribution in [1.82, 2.24) is 4.57 Å². The van der Waals surface area contributed by atoms with Crippen LogP contribution in [0.3, 0.4) is 0 Å². The lowest BCUT2D eigenvalue weighted by Crippen LogP contribution is -2.14. The van der Waals surface area contributed by atoms with Gasteiger partial charge in [0.25, 0.3) is 0 Å². The zero-order chi connectivity index (χ0) is 40.4. The molecule has 0 spiro atoms. The first kappa shape index (κ1) is 35.0. The number of benzene rings is 10. The third-order valence-corrected chi connectivity index (χ3v) is 12.6. The summed E-state index contributed by atoms with van der Waals surface area (Å²) in [5, 5.41) is 16.8. The van der Waals surface area contributed by atoms with Crippen LogP contribution in [0.1, 0.15) is 11.1 Å². The van der Waals surface area contributed by atoms with E-state index in [1.165, 1.54) is 49.0 Å². The zero-order valence-corrected chi connectivity index (χ0v) is 33.4. The molecule has 11 aromatic rings. The summed E-state index contributed by atoms with van der Waals surface area (Å²) in [6.07, 6.45) is 0.606. The third-order valence-electron chi connectivity index (χ3n) is 12.6. The Morgan fingerprint density at radius 3 is 1.87 bits per heavy atom. The Kier molecular flexibility index (Phi) is 8.07. The Hall–Kier alpha value is -8.01. The van der Waals surface area contributed by atoms with Gasteiger partial charge in [-0.15, -0.1) is 0 Å². The highest BCUT2D eigenvalue weighted by Crippen LogP contribution is 2.45. The number of rotatable bonds is 6. The van der Waals surface area contributed by atoms with Crippen molar-refractivity contribution in [3.8, 4) is 39.1 Å². The van der Waals surface area contributed by atoms with E-state index in [2.05, 4.69) is 228 Å². The number of hydrogen-bond acceptors (Lipinski definition) is 2. The molecule has 0 saturated heterocycles. The molecule has 1 aliphatic carbocycles. The minimum absolute atomic E-state index is 0.606. The molecule has 3 nitrogen and oxygen atoms in total. The molecule has 0 saturated carbocycles. The average Bonchev–Trinajstić information content (AvgIpc) is 3.66. The fraction of sp³-hybridized carbons (Fsp3) is 0.0172. The van der Waals surface area contributed by atoms with Gasteiger partial charge in [-0.3, -0.25) is 0 Å². The lowest BCUT2D eigenvalue weighted by atomic mass is 9.79. The molecule has 61 heavy (non-hydrogen) atoms. The van der Waals surface area contributed by atoms with Crippen molar-refractivity contribution in [2.24, 2.45) is 0 Å². The lowest BCUT2D eigenvalue weighted by molar-refractivity contribution is 1.19. The minimum atomic E-state index is 0.606. The van der Waals surface area contributed by atoms with E-state index in [4.69, 9.17) is 0 Å². The average molecular weight is 778 g/mol. The molecule has 0 radical (unpaired) electrons. The van der Waals surface area contributed by atoms with Crippen molar-refractivity contribution in [2.45, 2.75) is 6.42 Å². The molecule has 10 aromatic carbocycles. The fourth-order valence-electron chi connectivity index (χ4n) is 9.79. The van der Waals surface area contributed by atoms with Crippen LogP contribution in [0.25, 0.3) is 82.4 Å². The van der Waals surface area contributed by atoms with Gasteiger partial charge in [0.05, 0.1) is 16.7 Å². The van der Waals surface area contributed by atoms with Crippen LogP contribution in [0.15, 0.2) is 218 Å². The second kappa shape index (κ2) is 14.1. The van der Waals surface area contributed by atoms with Gasteiger partial charge in [0.15, 0.2) is 0 Å². The monoisotopic (exact) mass is 777 g/mol. The number of para-hydroxylation sites is 2. The largest absolute Gasteiger partial charge is 0.310 e. The highest BCUT2D eigenvalue weighted by atomic mass is 15.1. The zero-order valence-electron chi connectivity index (χ0n) is 33.4. The van der Waals surface area contributed by atoms with Crippen molar-refractivity contribution in [2.75, 3.05) is 4.90 Å². The molecule has 0 atom stereocenters. The third kappa shape index (κ3) is 5.70. The standard InChI is InChI=1S/C58H39N3/c59-54-37-41-16-9-10-22-47(41)53-36-43(38-26-30-46(31-27-38)60(44-18-3-1-4-19-44)55-25-13-17-39-14-7-11-23-48(39)55)35-51(57(53)54)42-29-33-56-52(34-42)50-32-28-40-15-8-12-24-49(40)58(50)61(56)45-20-5-2-6-21-45/h1-36,59H,37H2. The quantitative estimate of drug-likeness (QED) is 0.179. The van der Waals surface area contributed by atoms with Crippen LogP contribution in [-0.4, -0.2) is 10.3 Å². The van der Waals surface area contributed by atoms with Crippen molar-refractivity contribution < 1.29 is 0 Å². The number of nitrogens with one attached hydrogen (secondary N) is 1. The maximum Gasteiger partial charge on any atom is 0.0619 e. The first-order chi connectivity index (χ1) is 30.2. The van der Waals surface area contributed by atoms with E-state index < -0.39 is 0 Å². The molecule has 1 N–H and O–H groups in total. The van der Waals surface area contributed by atoms with Crippen LogP contribution in [0.4, 0.5) is 17.1 Å². The first-order valence-corrected chi connectivity index (χ1v) is 21.0. The molecule has 286 valence electrons. The van der Waals surface area contributed by atoms with Crippen LogP contribution >= 0.6 is 0 Å². The van der Waals surface area contributed by atoms with E-state index in [1.807, 2.05) is 0 Å². The number of anilines is 3. The summed E-state index contributed by atoms with van der Waals surface area (Å²) in [5.74, 6) is 0. The number of hydrogen-bond donors (Lipinski definition) is 1. The molecule has 0 aliphatic heterocycles. The Morgan fingerprint density at radius 1 is 0.410 bits per heavy atom. The minimum Gasteiger partial charge on any atom is -0.310 e. The van der Waals surface area contributed by atoms with Crippen molar-refractivity contribution in [1.29, 1.82) is 5.41 Å². The Balaban J connectivity index is 1.05. The Bertz CT molecular complexity index is 3500. The molecule has 0 unspecified atom stereocenters. The molecular weight excluding hydrogens is 739 g/mol. The van der Waals surface area contributed by atoms with Crippen LogP contribution < -0.4 is 4.90 Å². The highest BCUT2D eigenvalue weighted by molar-refractivity contribution is 6.20. The Labute approximate surface area is 354 Å². The van der Waals surface area contributed by atoms with Gasteiger partial charge in [-0.1, -0.05) is 152 Å². The molecule has 1 aliphatic rings. The topological polar surface area (TPSA) is 32.0 Å². The van der Waals surface area contributed by atoms with Crippen LogP contribution in [0.5, 0.6) is 0 Å². The number of aromatic nitrogens is 1. The lowest BCUT2D eigenvalue weighted by Gasteiger charge is -2.27. The fourth-order valence-corrected chi connectivity index (χ4v) is 9.79. The Morgan fingerprint density at radius 2 is 1.05 bits per heavy atom. The molecule has 1 aromatic heterocycles. The van der Waals surface area contributed by atoms with Gasteiger partial charge in [0.1, 0.15) is 0 Å². The van der Waals surface area contributed by atoms with E-state index in [0.29, 0.717) is 12.1 Å². The van der Waals surface area contributed by atoms with Crippen molar-refractivity contribution in [3.05, 3.63) is 230 Å². The maximum atomic E-state index is 9.55. The second-order valence-electron chi connectivity index (χ2n) is 16.1. The van der Waals surface area contributed by atoms with Gasteiger partial charge in [-0.2, -0.15) is 0 Å². The van der Waals surface area contributed by atoms with Crippen molar-refractivity contribution >= 4 is 66.1 Å². The normalized spacial score (nSPS) is 12.2. The number of nitrogens with zero attached hydrogens (tertiary/aromatic N) is 2. The van der Waals surface area contributed by atoms with Crippen LogP contribution in [-0.2, 0) is 6.42 Å². The van der Waals surface area contributed by atoms with Gasteiger partial charge in [-0.05, 0) is 116 Å². The summed E-state index contributed by atoms with van der Waals surface area (Å²) in [4.78, 5) is 2.35. The first-order valence-electron chi connectivity index (χ1n) is 21.0. The van der Waals surface area contributed by atoms with Crippen molar-refractivity contribution in [3.63, 3.8) is 0 Å². The molecule has 0 fully saturated rings. The van der Waals surface area contributed by atoms with Crippen LogP contribution in [0.2, 0.25) is 0 Å². The summed E-state index contributed by atoms with van der Waals surface area (Å²) in [7, 11) is 0. The van der Waals surface area contributed by atoms with E-state index in [1.54, 1.807) is 0 Å². The highest BCUT2D eigenvalue weighted by Gasteiger charge is 2.26. The second-order valence-corrected chi connectivity index (χ2v) is 16.1. The molecule has 3 heteroatoms. The van der Waals surface area contributed by atoms with E-state index >= 15 is 0 Å². The van der Waals surface area contributed by atoms with E-state index in [0.717, 1.165) is 61.6 Å². The molecule has 12 rings (SSSR count). The van der Waals surface area contributed by atoms with E-state index in [-0.39, 0.29) is 0 Å². The molecule has 0 bridgehead atoms. The predicted molar refractivity (Wildman–Crippen MR) is 257 cm³/mol. The summed E-state index contributed by atoms with van der Waals surface area (Å²) in [6, 6.07) is 78.8. The summed E-state index contributed by atoms with van der Waals surface area (Å²) in [5.41, 5.74) is 16.5. The molecule has 1 heterocycles. The van der Waals surface area contributed by atoms with Gasteiger partial charge in [-0.25, -0.2) is 0 Å². The molecular formula is C58H39N3. The van der Waals surface area contributed by atoms with Gasteiger partial charge < -0.3 is 14.9 Å². The summed E-state index contributed by atoms with van der Waals surface area (Å²) < 4.78 is 2.42. The SMILES string of the molecule is N=C1Cc2ccccc2-c2cc(-c3ccc(N(c4ccccc4)c4cccc5ccccc45)cc3)cc(-c3ccc4c(c3)c3ccc5ccccc5c3n4-c3ccccc3)c21. The maximum absolute atomic E-state index is 9.55. The number of fused-ring (bicyclic) bond motifs is 9. The summed E-state index contributed by atoms with van der Waals surface area (Å²) in [6.45, 7) is 0. The van der Waals surface area contributed by atoms with Gasteiger partial charge in [0.2, 0.25) is 0 Å². The van der Waals surface area contributed by atoms with Gasteiger partial charge >= 0.3 is 0 Å². The summed E-state index contributed by atoms with van der Waals surface area (Å²) >= 11 is 0.